The van der Waals surface area contributed by atoms with Gasteiger partial charge in [0, 0.05) is 6.42 Å². The number of hydrogen-bond donors (Lipinski definition) is 1. The number of aryl methyl sites for hydroxylation is 1. The number of aromatic nitrogens is 3. The summed E-state index contributed by atoms with van der Waals surface area (Å²) >= 11 is 0. The summed E-state index contributed by atoms with van der Waals surface area (Å²) in [7, 11) is 0. The Kier molecular flexibility index (Phi) is 5.78. The first-order valence-electron chi connectivity index (χ1n) is 7.36. The molecule has 2 aromatic rings. The quantitative estimate of drug-likeness (QED) is 0.839. The van der Waals surface area contributed by atoms with Gasteiger partial charge in [-0.2, -0.15) is 18.3 Å². The molecule has 0 aliphatic rings. The zero-order valence-corrected chi connectivity index (χ0v) is 13.0. The van der Waals surface area contributed by atoms with Gasteiger partial charge >= 0.3 is 6.18 Å². The van der Waals surface area contributed by atoms with Crippen molar-refractivity contribution in [1.82, 2.24) is 14.8 Å². The molecule has 130 valence electrons. The van der Waals surface area contributed by atoms with E-state index in [0.717, 1.165) is 12.1 Å². The lowest BCUT2D eigenvalue weighted by Crippen LogP contribution is -2.16. The number of anilines is 1. The van der Waals surface area contributed by atoms with E-state index in [4.69, 9.17) is 4.74 Å². The highest BCUT2D eigenvalue weighted by Crippen LogP contribution is 2.35. The van der Waals surface area contributed by atoms with E-state index in [-0.39, 0.29) is 24.4 Å². The van der Waals surface area contributed by atoms with Crippen LogP contribution in [0.5, 0.6) is 5.75 Å². The van der Waals surface area contributed by atoms with Crippen LogP contribution in [0.3, 0.4) is 0 Å². The molecule has 1 amide bonds. The van der Waals surface area contributed by atoms with Gasteiger partial charge in [-0.1, -0.05) is 6.92 Å². The van der Waals surface area contributed by atoms with Gasteiger partial charge in [-0.3, -0.25) is 9.48 Å². The maximum absolute atomic E-state index is 12.9. The zero-order valence-electron chi connectivity index (χ0n) is 13.0. The van der Waals surface area contributed by atoms with Crippen LogP contribution in [0, 0.1) is 0 Å². The number of amides is 1. The minimum absolute atomic E-state index is 0.00173. The van der Waals surface area contributed by atoms with Crippen LogP contribution >= 0.6 is 0 Å². The number of nitrogens with zero attached hydrogens (tertiary/aromatic N) is 3. The average molecular weight is 342 g/mol. The van der Waals surface area contributed by atoms with E-state index in [1.54, 1.807) is 0 Å². The monoisotopic (exact) mass is 342 g/mol. The number of rotatable bonds is 7. The number of carbonyl (C=O) groups excluding carboxylic acids is 1. The predicted octanol–water partition coefficient (Wildman–Crippen LogP) is 3.11. The van der Waals surface area contributed by atoms with Crippen molar-refractivity contribution in [2.45, 2.75) is 32.5 Å². The Bertz CT molecular complexity index is 672. The summed E-state index contributed by atoms with van der Waals surface area (Å²) in [6.45, 7) is 2.49. The van der Waals surface area contributed by atoms with Gasteiger partial charge in [0.15, 0.2) is 0 Å². The van der Waals surface area contributed by atoms with E-state index < -0.39 is 17.6 Å². The fourth-order valence-electron chi connectivity index (χ4n) is 1.92. The van der Waals surface area contributed by atoms with Gasteiger partial charge in [-0.25, -0.2) is 4.98 Å². The smallest absolute Gasteiger partial charge is 0.416 e. The van der Waals surface area contributed by atoms with Crippen LogP contribution in [0.2, 0.25) is 0 Å². The molecule has 9 heteroatoms. The van der Waals surface area contributed by atoms with Gasteiger partial charge in [-0.05, 0) is 24.6 Å². The molecule has 1 heterocycles. The molecule has 1 aromatic carbocycles. The predicted molar refractivity (Wildman–Crippen MR) is 80.5 cm³/mol. The standard InChI is InChI=1S/C15H17F3N4O2/c1-2-7-24-13-4-3-11(15(16,17)18)8-12(13)21-14(23)5-6-22-10-19-9-20-22/h3-4,8-10H,2,5-7H2,1H3,(H,21,23). The summed E-state index contributed by atoms with van der Waals surface area (Å²) in [4.78, 5) is 15.7. The first kappa shape index (κ1) is 17.8. The molecule has 0 atom stereocenters. The van der Waals surface area contributed by atoms with E-state index in [1.807, 2.05) is 6.92 Å². The largest absolute Gasteiger partial charge is 0.491 e. The van der Waals surface area contributed by atoms with Crippen molar-refractivity contribution in [2.24, 2.45) is 0 Å². The molecule has 24 heavy (non-hydrogen) atoms. The molecule has 0 fully saturated rings. The number of benzene rings is 1. The molecule has 0 spiro atoms. The number of halogens is 3. The summed E-state index contributed by atoms with van der Waals surface area (Å²) in [5, 5.41) is 6.32. The van der Waals surface area contributed by atoms with Crippen molar-refractivity contribution < 1.29 is 22.7 Å². The lowest BCUT2D eigenvalue weighted by Gasteiger charge is -2.15. The third-order valence-electron chi connectivity index (χ3n) is 3.08. The van der Waals surface area contributed by atoms with Crippen LogP contribution in [0.4, 0.5) is 18.9 Å². The summed E-state index contributed by atoms with van der Waals surface area (Å²) in [5.74, 6) is -0.231. The molecule has 0 saturated carbocycles. The maximum Gasteiger partial charge on any atom is 0.416 e. The molecule has 2 rings (SSSR count). The molecular weight excluding hydrogens is 325 g/mol. The number of ether oxygens (including phenoxy) is 1. The molecule has 0 radical (unpaired) electrons. The van der Waals surface area contributed by atoms with Crippen LogP contribution in [0.25, 0.3) is 0 Å². The van der Waals surface area contributed by atoms with E-state index in [9.17, 15) is 18.0 Å². The van der Waals surface area contributed by atoms with Crippen molar-refractivity contribution in [1.29, 1.82) is 0 Å². The van der Waals surface area contributed by atoms with Gasteiger partial charge in [0.2, 0.25) is 5.91 Å². The molecular formula is C15H17F3N4O2. The SMILES string of the molecule is CCCOc1ccc(C(F)(F)F)cc1NC(=O)CCn1cncn1. The van der Waals surface area contributed by atoms with Gasteiger partial charge < -0.3 is 10.1 Å². The van der Waals surface area contributed by atoms with Crippen LogP contribution in [-0.2, 0) is 17.5 Å². The maximum atomic E-state index is 12.9. The fourth-order valence-corrected chi connectivity index (χ4v) is 1.92. The number of hydrogen-bond acceptors (Lipinski definition) is 4. The second kappa shape index (κ2) is 7.80. The van der Waals surface area contributed by atoms with Gasteiger partial charge in [0.25, 0.3) is 0 Å². The first-order valence-corrected chi connectivity index (χ1v) is 7.36. The highest BCUT2D eigenvalue weighted by Gasteiger charge is 2.31. The number of alkyl halides is 3. The van der Waals surface area contributed by atoms with Crippen LogP contribution < -0.4 is 10.1 Å². The molecule has 0 unspecified atom stereocenters. The highest BCUT2D eigenvalue weighted by atomic mass is 19.4. The van der Waals surface area contributed by atoms with Crippen molar-refractivity contribution in [3.05, 3.63) is 36.4 Å². The van der Waals surface area contributed by atoms with Gasteiger partial charge in [0.05, 0.1) is 24.4 Å². The van der Waals surface area contributed by atoms with Gasteiger partial charge in [0.1, 0.15) is 18.4 Å². The lowest BCUT2D eigenvalue weighted by molar-refractivity contribution is -0.137. The number of carbonyl (C=O) groups is 1. The Labute approximate surface area is 136 Å². The van der Waals surface area contributed by atoms with Crippen molar-refractivity contribution >= 4 is 11.6 Å². The van der Waals surface area contributed by atoms with Crippen LogP contribution in [0.1, 0.15) is 25.3 Å². The summed E-state index contributed by atoms with van der Waals surface area (Å²) in [6, 6.07) is 3.01. The minimum Gasteiger partial charge on any atom is -0.491 e. The number of nitrogens with one attached hydrogen (secondary N) is 1. The topological polar surface area (TPSA) is 69.0 Å². The minimum atomic E-state index is -4.50. The Balaban J connectivity index is 2.10. The van der Waals surface area contributed by atoms with E-state index in [0.29, 0.717) is 13.0 Å². The first-order chi connectivity index (χ1) is 11.4. The normalized spacial score (nSPS) is 11.3. The molecule has 0 bridgehead atoms. The Morgan fingerprint density at radius 1 is 1.38 bits per heavy atom. The van der Waals surface area contributed by atoms with E-state index in [1.165, 1.54) is 23.4 Å². The fraction of sp³-hybridized carbons (Fsp3) is 0.400. The Morgan fingerprint density at radius 3 is 2.79 bits per heavy atom. The third-order valence-corrected chi connectivity index (χ3v) is 3.08. The van der Waals surface area contributed by atoms with Crippen LogP contribution in [0.15, 0.2) is 30.9 Å². The average Bonchev–Trinajstić information content (AvgIpc) is 3.04. The van der Waals surface area contributed by atoms with Gasteiger partial charge in [-0.15, -0.1) is 0 Å². The van der Waals surface area contributed by atoms with Crippen molar-refractivity contribution in [3.63, 3.8) is 0 Å². The molecule has 0 aliphatic heterocycles. The molecule has 0 aliphatic carbocycles. The molecule has 6 nitrogen and oxygen atoms in total. The second-order valence-electron chi connectivity index (χ2n) is 5.01. The molecule has 1 N–H and O–H groups in total. The lowest BCUT2D eigenvalue weighted by atomic mass is 10.1. The van der Waals surface area contributed by atoms with E-state index >= 15 is 0 Å². The third kappa shape index (κ3) is 4.97. The summed E-state index contributed by atoms with van der Waals surface area (Å²) in [5.41, 5.74) is -0.847. The Hall–Kier alpha value is -2.58. The van der Waals surface area contributed by atoms with Crippen LogP contribution in [-0.4, -0.2) is 27.3 Å². The highest BCUT2D eigenvalue weighted by molar-refractivity contribution is 5.92. The molecule has 0 saturated heterocycles. The zero-order chi connectivity index (χ0) is 17.6. The summed E-state index contributed by atoms with van der Waals surface area (Å²) in [6.07, 6.45) is -0.966. The Morgan fingerprint density at radius 2 is 2.17 bits per heavy atom. The second-order valence-corrected chi connectivity index (χ2v) is 5.01. The van der Waals surface area contributed by atoms with E-state index in [2.05, 4.69) is 15.4 Å². The molecule has 1 aromatic heterocycles. The summed E-state index contributed by atoms with van der Waals surface area (Å²) < 4.78 is 45.4. The van der Waals surface area contributed by atoms with Crippen molar-refractivity contribution in [3.8, 4) is 5.75 Å². The van der Waals surface area contributed by atoms with Crippen molar-refractivity contribution in [2.75, 3.05) is 11.9 Å².